The van der Waals surface area contributed by atoms with Gasteiger partial charge in [-0.2, -0.15) is 0 Å². The van der Waals surface area contributed by atoms with Crippen molar-refractivity contribution in [1.29, 1.82) is 0 Å². The normalized spacial score (nSPS) is 17.5. The lowest BCUT2D eigenvalue weighted by molar-refractivity contribution is -0.139. The number of allylic oxidation sites excluding steroid dienone is 2. The van der Waals surface area contributed by atoms with Gasteiger partial charge in [-0.1, -0.05) is 17.7 Å². The Bertz CT molecular complexity index is 740. The number of halogens is 1. The number of hydrogen-bond donors (Lipinski definition) is 1. The molecule has 1 atom stereocenters. The van der Waals surface area contributed by atoms with E-state index < -0.39 is 17.9 Å². The Morgan fingerprint density at radius 2 is 1.88 bits per heavy atom. The van der Waals surface area contributed by atoms with Gasteiger partial charge in [-0.3, -0.25) is 0 Å². The zero-order valence-electron chi connectivity index (χ0n) is 14.0. The predicted molar refractivity (Wildman–Crippen MR) is 89.2 cm³/mol. The van der Waals surface area contributed by atoms with E-state index >= 15 is 0 Å². The van der Waals surface area contributed by atoms with Gasteiger partial charge < -0.3 is 14.8 Å². The summed E-state index contributed by atoms with van der Waals surface area (Å²) in [6.07, 6.45) is 1.54. The minimum atomic E-state index is -0.709. The summed E-state index contributed by atoms with van der Waals surface area (Å²) < 4.78 is 10.1. The average Bonchev–Trinajstić information content (AvgIpc) is 2.54. The van der Waals surface area contributed by atoms with Gasteiger partial charge in [0.05, 0.1) is 30.8 Å². The molecule has 0 saturated carbocycles. The van der Waals surface area contributed by atoms with Crippen LogP contribution in [0.3, 0.4) is 0 Å². The fourth-order valence-electron chi connectivity index (χ4n) is 2.78. The van der Waals surface area contributed by atoms with Crippen molar-refractivity contribution in [3.05, 3.63) is 51.6 Å². The van der Waals surface area contributed by atoms with Gasteiger partial charge in [0.15, 0.2) is 0 Å². The molecule has 0 bridgehead atoms. The maximum absolute atomic E-state index is 12.5. The van der Waals surface area contributed by atoms with Crippen molar-refractivity contribution in [3.8, 4) is 0 Å². The van der Waals surface area contributed by atoms with Crippen LogP contribution in [-0.4, -0.2) is 30.6 Å². The second-order valence-electron chi connectivity index (χ2n) is 5.23. The highest BCUT2D eigenvalue weighted by atomic mass is 35.5. The van der Waals surface area contributed by atoms with Crippen LogP contribution in [0.1, 0.15) is 32.3 Å². The third kappa shape index (κ3) is 3.28. The number of methoxy groups -OCH3 is 1. The average molecular weight is 351 g/mol. The van der Waals surface area contributed by atoms with E-state index in [-0.39, 0.29) is 11.8 Å². The molecule has 1 unspecified atom stereocenters. The third-order valence-corrected chi connectivity index (χ3v) is 4.08. The van der Waals surface area contributed by atoms with Gasteiger partial charge in [-0.25, -0.2) is 14.6 Å². The van der Waals surface area contributed by atoms with Crippen molar-refractivity contribution in [2.75, 3.05) is 13.7 Å². The topological polar surface area (TPSA) is 77.5 Å². The van der Waals surface area contributed by atoms with Gasteiger partial charge >= 0.3 is 11.9 Å². The molecule has 2 rings (SSSR count). The number of ether oxygens (including phenoxy) is 2. The largest absolute Gasteiger partial charge is 0.466 e. The number of carbonyl (C=O) groups excluding carboxylic acids is 2. The van der Waals surface area contributed by atoms with E-state index in [4.69, 9.17) is 21.1 Å². The summed E-state index contributed by atoms with van der Waals surface area (Å²) >= 11 is 6.23. The van der Waals surface area contributed by atoms with Crippen LogP contribution in [0.4, 0.5) is 0 Å². The number of aromatic nitrogens is 1. The van der Waals surface area contributed by atoms with Gasteiger partial charge in [0, 0.05) is 23.2 Å². The fourth-order valence-corrected chi connectivity index (χ4v) is 3.01. The minimum Gasteiger partial charge on any atom is -0.466 e. The van der Waals surface area contributed by atoms with Crippen molar-refractivity contribution in [2.45, 2.75) is 26.7 Å². The lowest BCUT2D eigenvalue weighted by Gasteiger charge is -2.30. The van der Waals surface area contributed by atoms with E-state index in [0.29, 0.717) is 28.1 Å². The van der Waals surface area contributed by atoms with Crippen LogP contribution in [0.2, 0.25) is 5.15 Å². The molecule has 0 amide bonds. The summed E-state index contributed by atoms with van der Waals surface area (Å²) in [4.78, 5) is 28.9. The molecule has 6 nitrogen and oxygen atoms in total. The molecule has 1 aliphatic rings. The van der Waals surface area contributed by atoms with Crippen molar-refractivity contribution in [2.24, 2.45) is 0 Å². The molecule has 1 aromatic rings. The molecular weight excluding hydrogens is 332 g/mol. The standard InChI is InChI=1S/C17H19ClN2O4/c1-5-24-17(22)13-10(3)20-9(2)12(16(21)23-4)14(13)11-7-6-8-19-15(11)18/h6-8,14,20H,5H2,1-4H3. The number of rotatable bonds is 4. The summed E-state index contributed by atoms with van der Waals surface area (Å²) in [5.41, 5.74) is 2.36. The van der Waals surface area contributed by atoms with E-state index in [1.165, 1.54) is 7.11 Å². The van der Waals surface area contributed by atoms with Crippen LogP contribution in [0.25, 0.3) is 0 Å². The first-order valence-corrected chi connectivity index (χ1v) is 7.84. The summed E-state index contributed by atoms with van der Waals surface area (Å²) in [7, 11) is 1.29. The zero-order chi connectivity index (χ0) is 17.9. The molecule has 128 valence electrons. The van der Waals surface area contributed by atoms with Crippen molar-refractivity contribution in [1.82, 2.24) is 10.3 Å². The predicted octanol–water partition coefficient (Wildman–Crippen LogP) is 2.71. The zero-order valence-corrected chi connectivity index (χ0v) is 14.7. The first kappa shape index (κ1) is 18.0. The first-order valence-electron chi connectivity index (χ1n) is 7.46. The van der Waals surface area contributed by atoms with E-state index in [1.54, 1.807) is 39.1 Å². The van der Waals surface area contributed by atoms with Crippen LogP contribution in [-0.2, 0) is 19.1 Å². The highest BCUT2D eigenvalue weighted by Gasteiger charge is 2.38. The Morgan fingerprint density at radius 1 is 1.25 bits per heavy atom. The van der Waals surface area contributed by atoms with Crippen LogP contribution in [0.15, 0.2) is 40.9 Å². The Labute approximate surface area is 145 Å². The highest BCUT2D eigenvalue weighted by molar-refractivity contribution is 6.30. The SMILES string of the molecule is CCOC(=O)C1=C(C)NC(C)=C(C(=O)OC)C1c1cccnc1Cl. The monoisotopic (exact) mass is 350 g/mol. The van der Waals surface area contributed by atoms with E-state index in [9.17, 15) is 9.59 Å². The Morgan fingerprint density at radius 3 is 2.42 bits per heavy atom. The quantitative estimate of drug-likeness (QED) is 0.664. The first-order chi connectivity index (χ1) is 11.4. The van der Waals surface area contributed by atoms with Crippen molar-refractivity contribution >= 4 is 23.5 Å². The van der Waals surface area contributed by atoms with Crippen molar-refractivity contribution < 1.29 is 19.1 Å². The molecule has 2 heterocycles. The molecule has 0 aliphatic carbocycles. The van der Waals surface area contributed by atoms with Gasteiger partial charge in [0.25, 0.3) is 0 Å². The van der Waals surface area contributed by atoms with E-state index in [2.05, 4.69) is 10.3 Å². The number of pyridine rings is 1. The summed E-state index contributed by atoms with van der Waals surface area (Å²) in [5, 5.41) is 3.26. The molecular formula is C17H19ClN2O4. The number of carbonyl (C=O) groups is 2. The number of nitrogens with zero attached hydrogens (tertiary/aromatic N) is 1. The number of esters is 2. The van der Waals surface area contributed by atoms with Crippen molar-refractivity contribution in [3.63, 3.8) is 0 Å². The van der Waals surface area contributed by atoms with Crippen LogP contribution in [0, 0.1) is 0 Å². The summed E-state index contributed by atoms with van der Waals surface area (Å²) in [6.45, 7) is 5.44. The molecule has 1 N–H and O–H groups in total. The molecule has 0 radical (unpaired) electrons. The van der Waals surface area contributed by atoms with Crippen LogP contribution >= 0.6 is 11.6 Å². The molecule has 0 spiro atoms. The maximum Gasteiger partial charge on any atom is 0.336 e. The van der Waals surface area contributed by atoms with Crippen LogP contribution < -0.4 is 5.32 Å². The molecule has 0 aromatic carbocycles. The molecule has 7 heteroatoms. The molecule has 0 saturated heterocycles. The van der Waals surface area contributed by atoms with Gasteiger partial charge in [0.1, 0.15) is 5.15 Å². The lowest BCUT2D eigenvalue weighted by Crippen LogP contribution is -2.32. The number of hydrogen-bond acceptors (Lipinski definition) is 6. The van der Waals surface area contributed by atoms with E-state index in [1.807, 2.05) is 0 Å². The Kier molecular flexibility index (Phi) is 5.62. The molecule has 0 fully saturated rings. The minimum absolute atomic E-state index is 0.216. The third-order valence-electron chi connectivity index (χ3n) is 3.76. The summed E-state index contributed by atoms with van der Waals surface area (Å²) in [6, 6.07) is 3.43. The second-order valence-corrected chi connectivity index (χ2v) is 5.59. The van der Waals surface area contributed by atoms with Crippen LogP contribution in [0.5, 0.6) is 0 Å². The van der Waals surface area contributed by atoms with Gasteiger partial charge in [0.2, 0.25) is 0 Å². The van der Waals surface area contributed by atoms with Gasteiger partial charge in [-0.05, 0) is 26.8 Å². The van der Waals surface area contributed by atoms with Gasteiger partial charge in [-0.15, -0.1) is 0 Å². The smallest absolute Gasteiger partial charge is 0.336 e. The molecule has 1 aliphatic heterocycles. The number of dihydropyridines is 1. The molecule has 24 heavy (non-hydrogen) atoms. The maximum atomic E-state index is 12.5. The second kappa shape index (κ2) is 7.49. The number of nitrogens with one attached hydrogen (secondary N) is 1. The Balaban J connectivity index is 2.69. The Hall–Kier alpha value is -2.34. The highest BCUT2D eigenvalue weighted by Crippen LogP contribution is 2.41. The van der Waals surface area contributed by atoms with E-state index in [0.717, 1.165) is 0 Å². The lowest BCUT2D eigenvalue weighted by atomic mass is 9.81. The fraction of sp³-hybridized carbons (Fsp3) is 0.353. The molecule has 1 aromatic heterocycles. The summed E-state index contributed by atoms with van der Waals surface area (Å²) in [5.74, 6) is -1.76.